The van der Waals surface area contributed by atoms with Gasteiger partial charge >= 0.3 is 0 Å². The Bertz CT molecular complexity index is 5570. The van der Waals surface area contributed by atoms with Gasteiger partial charge in [-0.15, -0.1) is 0 Å². The summed E-state index contributed by atoms with van der Waals surface area (Å²) in [7, 11) is 0. The Kier molecular flexibility index (Phi) is 11.8. The lowest BCUT2D eigenvalue weighted by Gasteiger charge is -2.45. The van der Waals surface area contributed by atoms with Crippen molar-refractivity contribution in [1.29, 1.82) is 0 Å². The van der Waals surface area contributed by atoms with E-state index in [-0.39, 0.29) is 6.71 Å². The molecule has 6 heteroatoms. The van der Waals surface area contributed by atoms with Gasteiger partial charge in [-0.2, -0.15) is 0 Å². The number of hydrogen-bond donors (Lipinski definition) is 0. The maximum atomic E-state index is 5.59. The quantitative estimate of drug-likeness (QED) is 0.106. The second-order valence-corrected chi connectivity index (χ2v) is 25.4. The minimum absolute atomic E-state index is 0.296. The molecular formula is C89H54BN5. The fourth-order valence-electron chi connectivity index (χ4n) is 15.9. The van der Waals surface area contributed by atoms with Gasteiger partial charge in [-0.25, -0.2) is 15.0 Å². The third-order valence-electron chi connectivity index (χ3n) is 20.0. The van der Waals surface area contributed by atoms with E-state index in [1.54, 1.807) is 0 Å². The average molecular weight is 1200 g/mol. The van der Waals surface area contributed by atoms with Crippen molar-refractivity contribution in [1.82, 2.24) is 15.0 Å². The third kappa shape index (κ3) is 8.41. The van der Waals surface area contributed by atoms with Crippen LogP contribution < -0.4 is 26.2 Å². The van der Waals surface area contributed by atoms with Gasteiger partial charge in [0.05, 0.1) is 0 Å². The van der Waals surface area contributed by atoms with Crippen LogP contribution in [-0.2, 0) is 0 Å². The zero-order valence-electron chi connectivity index (χ0n) is 51.5. The van der Waals surface area contributed by atoms with Crippen molar-refractivity contribution in [3.63, 3.8) is 0 Å². The van der Waals surface area contributed by atoms with Crippen LogP contribution in [0.15, 0.2) is 328 Å². The Hall–Kier alpha value is -12.5. The van der Waals surface area contributed by atoms with Gasteiger partial charge in [0.25, 0.3) is 6.71 Å². The lowest BCUT2D eigenvalue weighted by Crippen LogP contribution is -2.61. The summed E-state index contributed by atoms with van der Waals surface area (Å²) < 4.78 is 0. The SMILES string of the molecule is c1ccc(-c2cc(-c3ccccc3)cc(N3c4cc(-c5nc(-c6ccccc6)nc(-c6ccccc6)n5)cc5c4B(c4c3cc3ccc6cccc7ccc4c3c67)c3c(cc4ccc6cccc7ccc3c4c67)N5c3cc(-c4ccccc4)cc(-c4ccccc4)c3)c2)cc1. The Morgan fingerprint density at radius 3 is 0.842 bits per heavy atom. The summed E-state index contributed by atoms with van der Waals surface area (Å²) in [6, 6.07) is 121. The van der Waals surface area contributed by atoms with Gasteiger partial charge < -0.3 is 9.80 Å². The molecule has 5 nitrogen and oxygen atoms in total. The Labute approximate surface area is 549 Å². The van der Waals surface area contributed by atoms with E-state index < -0.39 is 0 Å². The molecule has 0 saturated heterocycles. The maximum absolute atomic E-state index is 5.59. The molecule has 0 aliphatic carbocycles. The molecule has 0 spiro atoms. The molecule has 0 atom stereocenters. The average Bonchev–Trinajstić information content (AvgIpc) is 0.676. The molecule has 95 heavy (non-hydrogen) atoms. The van der Waals surface area contributed by atoms with E-state index in [4.69, 9.17) is 15.0 Å². The largest absolute Gasteiger partial charge is 0.311 e. The van der Waals surface area contributed by atoms with Crippen LogP contribution in [-0.4, -0.2) is 21.7 Å². The van der Waals surface area contributed by atoms with Gasteiger partial charge in [-0.1, -0.05) is 267 Å². The van der Waals surface area contributed by atoms with Gasteiger partial charge in [0.1, 0.15) is 0 Å². The van der Waals surface area contributed by atoms with E-state index in [1.165, 1.54) is 81.0 Å². The Morgan fingerprint density at radius 1 is 0.200 bits per heavy atom. The first-order valence-corrected chi connectivity index (χ1v) is 32.7. The molecule has 438 valence electrons. The standard InChI is InChI=1S/C89H54BN5/c1-7-21-55(22-8-1)67-45-68(56-23-9-2-10-24-56)48-72(47-67)94-76-51-65-39-37-59-33-19-35-61-41-43-74(82(65)80(59)61)84(76)90-85-75-44-42-62-36-20-34-60-38-40-66(83(75)81(60)62)52-77(85)95(73-49-69(57-25-11-3-12-26-57)46-70(50-73)58-27-13-4-14-28-58)79-54-71(53-78(94)86(79)90)89-92-87(63-29-15-5-16-30-63)91-88(93-89)64-31-17-6-18-32-64/h1-54H. The second-order valence-electron chi connectivity index (χ2n) is 25.4. The minimum atomic E-state index is -0.296. The zero-order valence-corrected chi connectivity index (χ0v) is 51.5. The van der Waals surface area contributed by atoms with Crippen LogP contribution in [0.3, 0.4) is 0 Å². The van der Waals surface area contributed by atoms with E-state index in [1.807, 2.05) is 12.1 Å². The number of aromatic nitrogens is 3. The van der Waals surface area contributed by atoms with Crippen LogP contribution in [0, 0.1) is 0 Å². The first-order valence-electron chi connectivity index (χ1n) is 32.7. The Balaban J connectivity index is 0.989. The zero-order chi connectivity index (χ0) is 62.2. The first kappa shape index (κ1) is 53.2. The number of anilines is 6. The van der Waals surface area contributed by atoms with E-state index >= 15 is 0 Å². The molecule has 0 fully saturated rings. The smallest absolute Gasteiger partial charge is 0.253 e. The van der Waals surface area contributed by atoms with Crippen LogP contribution in [0.25, 0.3) is 143 Å². The van der Waals surface area contributed by atoms with Gasteiger partial charge in [0.15, 0.2) is 17.5 Å². The highest BCUT2D eigenvalue weighted by Gasteiger charge is 2.46. The van der Waals surface area contributed by atoms with Crippen molar-refractivity contribution < 1.29 is 0 Å². The fourth-order valence-corrected chi connectivity index (χ4v) is 15.9. The molecule has 18 aromatic rings. The summed E-state index contributed by atoms with van der Waals surface area (Å²) in [6.07, 6.45) is 0. The van der Waals surface area contributed by atoms with Crippen LogP contribution in [0.1, 0.15) is 0 Å². The molecule has 0 bridgehead atoms. The first-order chi connectivity index (χ1) is 47.1. The minimum Gasteiger partial charge on any atom is -0.311 e. The predicted molar refractivity (Wildman–Crippen MR) is 399 cm³/mol. The lowest BCUT2D eigenvalue weighted by molar-refractivity contribution is 1.07. The van der Waals surface area contributed by atoms with E-state index in [2.05, 4.69) is 325 Å². The fraction of sp³-hybridized carbons (Fsp3) is 0. The second kappa shape index (κ2) is 21.0. The van der Waals surface area contributed by atoms with Crippen molar-refractivity contribution in [2.75, 3.05) is 9.80 Å². The van der Waals surface area contributed by atoms with Crippen LogP contribution in [0.4, 0.5) is 34.1 Å². The highest BCUT2D eigenvalue weighted by molar-refractivity contribution is 7.03. The van der Waals surface area contributed by atoms with Gasteiger partial charge in [-0.05, 0) is 186 Å². The maximum Gasteiger partial charge on any atom is 0.253 e. The summed E-state index contributed by atoms with van der Waals surface area (Å²) in [5.41, 5.74) is 21.8. The van der Waals surface area contributed by atoms with Crippen molar-refractivity contribution in [3.05, 3.63) is 328 Å². The van der Waals surface area contributed by atoms with E-state index in [0.29, 0.717) is 17.5 Å². The molecular weight excluding hydrogens is 1150 g/mol. The third-order valence-corrected chi connectivity index (χ3v) is 20.0. The molecule has 1 aromatic heterocycles. The van der Waals surface area contributed by atoms with Gasteiger partial charge in [-0.3, -0.25) is 0 Å². The summed E-state index contributed by atoms with van der Waals surface area (Å²) in [5, 5.41) is 14.9. The molecule has 0 unspecified atom stereocenters. The monoisotopic (exact) mass is 1200 g/mol. The Morgan fingerprint density at radius 2 is 0.495 bits per heavy atom. The number of hydrogen-bond acceptors (Lipinski definition) is 5. The predicted octanol–water partition coefficient (Wildman–Crippen LogP) is 21.4. The van der Waals surface area contributed by atoms with Crippen LogP contribution in [0.2, 0.25) is 0 Å². The highest BCUT2D eigenvalue weighted by atomic mass is 15.2. The molecule has 2 aliphatic rings. The van der Waals surface area contributed by atoms with Crippen LogP contribution in [0.5, 0.6) is 0 Å². The van der Waals surface area contributed by atoms with Gasteiger partial charge in [0, 0.05) is 50.8 Å². The highest BCUT2D eigenvalue weighted by Crippen LogP contribution is 2.52. The molecule has 0 radical (unpaired) electrons. The molecule has 0 amide bonds. The van der Waals surface area contributed by atoms with Crippen molar-refractivity contribution in [3.8, 4) is 78.7 Å². The summed E-state index contributed by atoms with van der Waals surface area (Å²) >= 11 is 0. The number of nitrogens with zero attached hydrogens (tertiary/aromatic N) is 5. The van der Waals surface area contributed by atoms with Gasteiger partial charge in [0.2, 0.25) is 0 Å². The summed E-state index contributed by atoms with van der Waals surface area (Å²) in [4.78, 5) is 21.7. The molecule has 0 N–H and O–H groups in total. The normalized spacial score (nSPS) is 12.6. The molecule has 2 aliphatic heterocycles. The van der Waals surface area contributed by atoms with E-state index in [9.17, 15) is 0 Å². The van der Waals surface area contributed by atoms with Crippen LogP contribution >= 0.6 is 0 Å². The topological polar surface area (TPSA) is 45.2 Å². The number of fused-ring (bicyclic) bond motifs is 6. The van der Waals surface area contributed by atoms with Crippen molar-refractivity contribution >= 4 is 122 Å². The van der Waals surface area contributed by atoms with Crippen molar-refractivity contribution in [2.45, 2.75) is 0 Å². The summed E-state index contributed by atoms with van der Waals surface area (Å²) in [5.74, 6) is 1.77. The number of rotatable bonds is 9. The lowest BCUT2D eigenvalue weighted by atomic mass is 9.32. The molecule has 3 heterocycles. The van der Waals surface area contributed by atoms with Crippen molar-refractivity contribution in [2.24, 2.45) is 0 Å². The molecule has 0 saturated carbocycles. The molecule has 20 rings (SSSR count). The van der Waals surface area contributed by atoms with E-state index in [0.717, 1.165) is 95.3 Å². The number of benzene rings is 17. The summed E-state index contributed by atoms with van der Waals surface area (Å²) in [6.45, 7) is -0.296. The molecule has 17 aromatic carbocycles.